The summed E-state index contributed by atoms with van der Waals surface area (Å²) in [5.41, 5.74) is 3.82. The first-order valence-electron chi connectivity index (χ1n) is 6.89. The average Bonchev–Trinajstić information content (AvgIpc) is 2.98. The molecule has 0 spiro atoms. The fourth-order valence-electron chi connectivity index (χ4n) is 2.06. The van der Waals surface area contributed by atoms with Crippen molar-refractivity contribution in [3.05, 3.63) is 69.9 Å². The van der Waals surface area contributed by atoms with Crippen molar-refractivity contribution in [2.45, 2.75) is 0 Å². The van der Waals surface area contributed by atoms with Gasteiger partial charge in [-0.25, -0.2) is 10.2 Å². The van der Waals surface area contributed by atoms with Crippen molar-refractivity contribution < 1.29 is 19.1 Å². The minimum absolute atomic E-state index is 0.154. The van der Waals surface area contributed by atoms with Crippen LogP contribution in [0.4, 0.5) is 0 Å². The van der Waals surface area contributed by atoms with Crippen molar-refractivity contribution in [2.24, 2.45) is 5.10 Å². The molecule has 0 radical (unpaired) electrons. The third kappa shape index (κ3) is 3.52. The second-order valence-electron chi connectivity index (χ2n) is 4.92. The minimum Gasteiger partial charge on any atom is -0.478 e. The molecule has 24 heavy (non-hydrogen) atoms. The van der Waals surface area contributed by atoms with Crippen LogP contribution in [-0.4, -0.2) is 23.2 Å². The SMILES string of the molecule is O=C(O)c1ccc(/C=N\NC(=O)c2cc3cc(Br)ccc3o2)cc1. The number of benzene rings is 2. The number of carbonyl (C=O) groups excluding carboxylic acids is 1. The number of hydrazone groups is 1. The van der Waals surface area contributed by atoms with E-state index < -0.39 is 11.9 Å². The van der Waals surface area contributed by atoms with Gasteiger partial charge in [0, 0.05) is 9.86 Å². The van der Waals surface area contributed by atoms with Crippen LogP contribution < -0.4 is 5.43 Å². The van der Waals surface area contributed by atoms with E-state index in [4.69, 9.17) is 9.52 Å². The molecule has 0 atom stereocenters. The molecular weight excluding hydrogens is 376 g/mol. The van der Waals surface area contributed by atoms with Crippen molar-refractivity contribution in [1.29, 1.82) is 0 Å². The van der Waals surface area contributed by atoms with Gasteiger partial charge in [0.25, 0.3) is 0 Å². The second kappa shape index (κ2) is 6.67. The third-order valence-corrected chi connectivity index (χ3v) is 3.73. The first-order chi connectivity index (χ1) is 11.5. The zero-order valence-electron chi connectivity index (χ0n) is 12.2. The highest BCUT2D eigenvalue weighted by molar-refractivity contribution is 9.10. The molecule has 120 valence electrons. The molecule has 3 rings (SSSR count). The number of nitrogens with one attached hydrogen (secondary N) is 1. The fraction of sp³-hybridized carbons (Fsp3) is 0. The predicted molar refractivity (Wildman–Crippen MR) is 92.4 cm³/mol. The van der Waals surface area contributed by atoms with E-state index in [1.54, 1.807) is 24.3 Å². The molecule has 3 aromatic rings. The molecule has 7 heteroatoms. The number of hydrogen-bond donors (Lipinski definition) is 2. The number of nitrogens with zero attached hydrogens (tertiary/aromatic N) is 1. The summed E-state index contributed by atoms with van der Waals surface area (Å²) in [4.78, 5) is 22.8. The molecule has 2 N–H and O–H groups in total. The Morgan fingerprint density at radius 2 is 1.88 bits per heavy atom. The maximum Gasteiger partial charge on any atom is 0.335 e. The van der Waals surface area contributed by atoms with E-state index >= 15 is 0 Å². The van der Waals surface area contributed by atoms with Gasteiger partial charge in [-0.1, -0.05) is 28.1 Å². The predicted octanol–water partition coefficient (Wildman–Crippen LogP) is 3.66. The van der Waals surface area contributed by atoms with Crippen molar-refractivity contribution >= 4 is 45.0 Å². The summed E-state index contributed by atoms with van der Waals surface area (Å²) >= 11 is 3.36. The van der Waals surface area contributed by atoms with Gasteiger partial charge in [-0.2, -0.15) is 5.10 Å². The van der Waals surface area contributed by atoms with Gasteiger partial charge in [0.1, 0.15) is 5.58 Å². The zero-order valence-corrected chi connectivity index (χ0v) is 13.8. The lowest BCUT2D eigenvalue weighted by Gasteiger charge is -1.97. The molecule has 0 bridgehead atoms. The van der Waals surface area contributed by atoms with E-state index in [1.165, 1.54) is 18.3 Å². The summed E-state index contributed by atoms with van der Waals surface area (Å²) in [5, 5.41) is 13.5. The van der Waals surface area contributed by atoms with Gasteiger partial charge in [0.05, 0.1) is 11.8 Å². The molecule has 1 aromatic heterocycles. The maximum absolute atomic E-state index is 12.0. The Kier molecular flexibility index (Phi) is 4.43. The Labute approximate surface area is 144 Å². The van der Waals surface area contributed by atoms with Crippen LogP contribution in [0, 0.1) is 0 Å². The van der Waals surface area contributed by atoms with E-state index in [1.807, 2.05) is 12.1 Å². The standard InChI is InChI=1S/C17H11BrN2O4/c18-13-5-6-14-12(7-13)8-15(24-14)16(21)20-19-9-10-1-3-11(4-2-10)17(22)23/h1-9H,(H,20,21)(H,22,23)/b19-9-. The molecule has 0 aliphatic carbocycles. The molecule has 0 fully saturated rings. The number of halogens is 1. The molecule has 0 saturated carbocycles. The lowest BCUT2D eigenvalue weighted by Crippen LogP contribution is -2.16. The Hall–Kier alpha value is -2.93. The molecule has 6 nitrogen and oxygen atoms in total. The van der Waals surface area contributed by atoms with Gasteiger partial charge in [-0.15, -0.1) is 0 Å². The Morgan fingerprint density at radius 3 is 2.58 bits per heavy atom. The normalized spacial score (nSPS) is 11.0. The smallest absolute Gasteiger partial charge is 0.335 e. The topological polar surface area (TPSA) is 91.9 Å². The summed E-state index contributed by atoms with van der Waals surface area (Å²) in [6.45, 7) is 0. The van der Waals surface area contributed by atoms with Gasteiger partial charge in [0.2, 0.25) is 0 Å². The van der Waals surface area contributed by atoms with E-state index in [9.17, 15) is 9.59 Å². The number of fused-ring (bicyclic) bond motifs is 1. The number of rotatable bonds is 4. The summed E-state index contributed by atoms with van der Waals surface area (Å²) in [6, 6.07) is 13.2. The van der Waals surface area contributed by atoms with Gasteiger partial charge in [-0.3, -0.25) is 4.79 Å². The van der Waals surface area contributed by atoms with Crippen LogP contribution in [0.15, 0.2) is 62.5 Å². The molecule has 2 aromatic carbocycles. The molecule has 0 aliphatic rings. The van der Waals surface area contributed by atoms with Crippen LogP contribution in [0.5, 0.6) is 0 Å². The minimum atomic E-state index is -0.997. The highest BCUT2D eigenvalue weighted by atomic mass is 79.9. The fourth-order valence-corrected chi connectivity index (χ4v) is 2.44. The molecule has 0 unspecified atom stereocenters. The van der Waals surface area contributed by atoms with Crippen LogP contribution in [0.3, 0.4) is 0 Å². The molecule has 0 aliphatic heterocycles. The van der Waals surface area contributed by atoms with Crippen molar-refractivity contribution in [2.75, 3.05) is 0 Å². The molecule has 0 saturated heterocycles. The Bertz CT molecular complexity index is 945. The van der Waals surface area contributed by atoms with E-state index in [2.05, 4.69) is 26.5 Å². The first-order valence-corrected chi connectivity index (χ1v) is 7.68. The van der Waals surface area contributed by atoms with E-state index in [0.717, 1.165) is 9.86 Å². The second-order valence-corrected chi connectivity index (χ2v) is 5.83. The van der Waals surface area contributed by atoms with Gasteiger partial charge >= 0.3 is 11.9 Å². The van der Waals surface area contributed by atoms with Crippen LogP contribution >= 0.6 is 15.9 Å². The highest BCUT2D eigenvalue weighted by Gasteiger charge is 2.11. The lowest BCUT2D eigenvalue weighted by molar-refractivity contribution is 0.0696. The van der Waals surface area contributed by atoms with Gasteiger partial charge in [-0.05, 0) is 42.0 Å². The highest BCUT2D eigenvalue weighted by Crippen LogP contribution is 2.23. The largest absolute Gasteiger partial charge is 0.478 e. The molecular formula is C17H11BrN2O4. The quantitative estimate of drug-likeness (QED) is 0.528. The number of carboxylic acid groups (broad SMARTS) is 1. The van der Waals surface area contributed by atoms with Crippen LogP contribution in [0.25, 0.3) is 11.0 Å². The van der Waals surface area contributed by atoms with Crippen molar-refractivity contribution in [3.63, 3.8) is 0 Å². The number of carbonyl (C=O) groups is 2. The maximum atomic E-state index is 12.0. The summed E-state index contributed by atoms with van der Waals surface area (Å²) < 4.78 is 6.35. The number of aromatic carboxylic acids is 1. The van der Waals surface area contributed by atoms with Gasteiger partial charge < -0.3 is 9.52 Å². The first kappa shape index (κ1) is 15.9. The summed E-state index contributed by atoms with van der Waals surface area (Å²) in [6.07, 6.45) is 1.42. The van der Waals surface area contributed by atoms with Crippen molar-refractivity contribution in [3.8, 4) is 0 Å². The Morgan fingerprint density at radius 1 is 1.12 bits per heavy atom. The summed E-state index contributed by atoms with van der Waals surface area (Å²) in [7, 11) is 0. The average molecular weight is 387 g/mol. The number of hydrogen-bond acceptors (Lipinski definition) is 4. The Balaban J connectivity index is 1.68. The van der Waals surface area contributed by atoms with E-state index in [-0.39, 0.29) is 11.3 Å². The molecule has 1 heterocycles. The van der Waals surface area contributed by atoms with Crippen LogP contribution in [-0.2, 0) is 0 Å². The van der Waals surface area contributed by atoms with Crippen LogP contribution in [0.2, 0.25) is 0 Å². The van der Waals surface area contributed by atoms with Crippen molar-refractivity contribution in [1.82, 2.24) is 5.43 Å². The molecule has 1 amide bonds. The van der Waals surface area contributed by atoms with Crippen LogP contribution in [0.1, 0.15) is 26.5 Å². The monoisotopic (exact) mass is 386 g/mol. The number of furan rings is 1. The van der Waals surface area contributed by atoms with Gasteiger partial charge in [0.15, 0.2) is 5.76 Å². The van der Waals surface area contributed by atoms with E-state index in [0.29, 0.717) is 11.1 Å². The number of carboxylic acids is 1. The third-order valence-electron chi connectivity index (χ3n) is 3.24. The summed E-state index contributed by atoms with van der Waals surface area (Å²) in [5.74, 6) is -1.31. The lowest BCUT2D eigenvalue weighted by atomic mass is 10.1. The number of amides is 1. The zero-order chi connectivity index (χ0) is 17.1.